The van der Waals surface area contributed by atoms with Crippen LogP contribution in [0.3, 0.4) is 0 Å². The molecule has 4 rings (SSSR count). The van der Waals surface area contributed by atoms with Crippen LogP contribution in [0.15, 0.2) is 63.8 Å². The highest BCUT2D eigenvalue weighted by molar-refractivity contribution is 6.32. The van der Waals surface area contributed by atoms with E-state index in [4.69, 9.17) is 25.4 Å². The zero-order valence-electron chi connectivity index (χ0n) is 17.1. The van der Waals surface area contributed by atoms with Crippen molar-refractivity contribution in [3.05, 3.63) is 77.0 Å². The molecule has 3 heterocycles. The van der Waals surface area contributed by atoms with E-state index in [1.807, 2.05) is 12.1 Å². The van der Waals surface area contributed by atoms with Crippen molar-refractivity contribution >= 4 is 11.6 Å². The summed E-state index contributed by atoms with van der Waals surface area (Å²) in [4.78, 5) is 4.04. The molecule has 0 fully saturated rings. The molecule has 3 aromatic heterocycles. The predicted octanol–water partition coefficient (Wildman–Crippen LogP) is 6.06. The number of hydrogen-bond acceptors (Lipinski definition) is 6. The molecule has 0 atom stereocenters. The Bertz CT molecular complexity index is 1130. The molecule has 0 spiro atoms. The SMILES string of the molecule is CC(C)(C)c1ccc(-c2cc(COCc3cc(-c4cccnc4Cl)no3)on2)cc1. The van der Waals surface area contributed by atoms with Crippen LogP contribution in [0.5, 0.6) is 0 Å². The molecule has 4 aromatic rings. The van der Waals surface area contributed by atoms with Gasteiger partial charge in [-0.1, -0.05) is 67.0 Å². The second-order valence-corrected chi connectivity index (χ2v) is 8.38. The van der Waals surface area contributed by atoms with E-state index in [-0.39, 0.29) is 18.6 Å². The molecule has 0 aliphatic carbocycles. The van der Waals surface area contributed by atoms with Gasteiger partial charge in [-0.15, -0.1) is 0 Å². The number of rotatable bonds is 6. The first-order valence-corrected chi connectivity index (χ1v) is 9.99. The van der Waals surface area contributed by atoms with Gasteiger partial charge in [-0.25, -0.2) is 4.98 Å². The minimum absolute atomic E-state index is 0.115. The fraction of sp³-hybridized carbons (Fsp3) is 0.261. The van der Waals surface area contributed by atoms with Crippen molar-refractivity contribution in [3.8, 4) is 22.5 Å². The van der Waals surface area contributed by atoms with Crippen LogP contribution in [0.2, 0.25) is 5.15 Å². The summed E-state index contributed by atoms with van der Waals surface area (Å²) in [5, 5.41) is 8.55. The Balaban J connectivity index is 1.35. The van der Waals surface area contributed by atoms with Gasteiger partial charge < -0.3 is 13.8 Å². The molecule has 0 aliphatic heterocycles. The largest absolute Gasteiger partial charge is 0.365 e. The lowest BCUT2D eigenvalue weighted by Gasteiger charge is -2.18. The molecular weight excluding hydrogens is 402 g/mol. The molecule has 30 heavy (non-hydrogen) atoms. The maximum atomic E-state index is 6.09. The van der Waals surface area contributed by atoms with Crippen LogP contribution in [0, 0.1) is 0 Å². The first kappa shape index (κ1) is 20.3. The maximum absolute atomic E-state index is 6.09. The number of aromatic nitrogens is 3. The highest BCUT2D eigenvalue weighted by Crippen LogP contribution is 2.27. The number of hydrogen-bond donors (Lipinski definition) is 0. The zero-order chi connectivity index (χ0) is 21.1. The quantitative estimate of drug-likeness (QED) is 0.351. The van der Waals surface area contributed by atoms with E-state index in [2.05, 4.69) is 60.3 Å². The lowest BCUT2D eigenvalue weighted by molar-refractivity contribution is 0.0727. The Morgan fingerprint density at radius 3 is 2.17 bits per heavy atom. The summed E-state index contributed by atoms with van der Waals surface area (Å²) in [6.07, 6.45) is 1.63. The van der Waals surface area contributed by atoms with Crippen LogP contribution in [0.25, 0.3) is 22.5 Å². The third-order valence-corrected chi connectivity index (χ3v) is 4.99. The van der Waals surface area contributed by atoms with Crippen LogP contribution < -0.4 is 0 Å². The summed E-state index contributed by atoms with van der Waals surface area (Å²) in [7, 11) is 0. The Kier molecular flexibility index (Phi) is 5.70. The van der Waals surface area contributed by atoms with E-state index in [1.165, 1.54) is 5.56 Å². The van der Waals surface area contributed by atoms with E-state index in [0.717, 1.165) is 11.3 Å². The molecule has 0 saturated carbocycles. The van der Waals surface area contributed by atoms with Crippen molar-refractivity contribution < 1.29 is 13.8 Å². The van der Waals surface area contributed by atoms with Gasteiger partial charge in [0.1, 0.15) is 29.8 Å². The molecule has 0 saturated heterocycles. The smallest absolute Gasteiger partial charge is 0.163 e. The monoisotopic (exact) mass is 423 g/mol. The van der Waals surface area contributed by atoms with E-state index < -0.39 is 0 Å². The Morgan fingerprint density at radius 1 is 0.900 bits per heavy atom. The van der Waals surface area contributed by atoms with Gasteiger partial charge in [0.25, 0.3) is 0 Å². The predicted molar refractivity (Wildman–Crippen MR) is 114 cm³/mol. The summed E-state index contributed by atoms with van der Waals surface area (Å²) in [6.45, 7) is 7.10. The molecule has 0 aliphatic rings. The second-order valence-electron chi connectivity index (χ2n) is 8.02. The Hall–Kier alpha value is -2.96. The summed E-state index contributed by atoms with van der Waals surface area (Å²) >= 11 is 6.09. The Labute approximate surface area is 179 Å². The van der Waals surface area contributed by atoms with Gasteiger partial charge in [0.15, 0.2) is 11.5 Å². The second kappa shape index (κ2) is 8.42. The lowest BCUT2D eigenvalue weighted by Crippen LogP contribution is -2.10. The minimum Gasteiger partial charge on any atom is -0.365 e. The normalized spacial score (nSPS) is 11.7. The zero-order valence-corrected chi connectivity index (χ0v) is 17.8. The average molecular weight is 424 g/mol. The van der Waals surface area contributed by atoms with E-state index >= 15 is 0 Å². The minimum atomic E-state index is 0.115. The number of halogens is 1. The topological polar surface area (TPSA) is 74.2 Å². The van der Waals surface area contributed by atoms with E-state index in [0.29, 0.717) is 27.9 Å². The first-order valence-electron chi connectivity index (χ1n) is 9.61. The lowest BCUT2D eigenvalue weighted by atomic mass is 9.86. The highest BCUT2D eigenvalue weighted by Gasteiger charge is 2.15. The molecule has 0 bridgehead atoms. The van der Waals surface area contributed by atoms with Gasteiger partial charge >= 0.3 is 0 Å². The third-order valence-electron chi connectivity index (χ3n) is 4.69. The summed E-state index contributed by atoms with van der Waals surface area (Å²) < 4.78 is 16.4. The van der Waals surface area contributed by atoms with Gasteiger partial charge in [0, 0.05) is 29.5 Å². The van der Waals surface area contributed by atoms with Crippen LogP contribution in [0.4, 0.5) is 0 Å². The summed E-state index contributed by atoms with van der Waals surface area (Å²) in [5.74, 6) is 1.22. The molecule has 0 unspecified atom stereocenters. The van der Waals surface area contributed by atoms with Crippen molar-refractivity contribution in [2.24, 2.45) is 0 Å². The fourth-order valence-electron chi connectivity index (χ4n) is 3.00. The van der Waals surface area contributed by atoms with Crippen molar-refractivity contribution in [2.45, 2.75) is 39.4 Å². The van der Waals surface area contributed by atoms with E-state index in [9.17, 15) is 0 Å². The van der Waals surface area contributed by atoms with Crippen LogP contribution >= 0.6 is 11.6 Å². The van der Waals surface area contributed by atoms with Crippen molar-refractivity contribution in [2.75, 3.05) is 0 Å². The standard InChI is InChI=1S/C23H22ClN3O3/c1-23(2,3)16-8-6-15(7-9-16)20-11-17(29-26-20)13-28-14-18-12-21(27-30-18)19-5-4-10-25-22(19)24/h4-12H,13-14H2,1-3H3. The van der Waals surface area contributed by atoms with Gasteiger partial charge in [-0.05, 0) is 23.1 Å². The summed E-state index contributed by atoms with van der Waals surface area (Å²) in [5.41, 5.74) is 4.51. The van der Waals surface area contributed by atoms with Gasteiger partial charge in [-0.2, -0.15) is 0 Å². The fourth-order valence-corrected chi connectivity index (χ4v) is 3.21. The van der Waals surface area contributed by atoms with Crippen molar-refractivity contribution in [1.29, 1.82) is 0 Å². The van der Waals surface area contributed by atoms with Gasteiger partial charge in [0.05, 0.1) is 0 Å². The van der Waals surface area contributed by atoms with Crippen molar-refractivity contribution in [1.82, 2.24) is 15.3 Å². The molecule has 0 amide bonds. The van der Waals surface area contributed by atoms with Gasteiger partial charge in [0.2, 0.25) is 0 Å². The number of ether oxygens (including phenoxy) is 1. The van der Waals surface area contributed by atoms with Crippen LogP contribution in [-0.2, 0) is 23.4 Å². The van der Waals surface area contributed by atoms with Crippen LogP contribution in [0.1, 0.15) is 37.9 Å². The molecule has 6 nitrogen and oxygen atoms in total. The van der Waals surface area contributed by atoms with Gasteiger partial charge in [-0.3, -0.25) is 0 Å². The highest BCUT2D eigenvalue weighted by atomic mass is 35.5. The molecule has 7 heteroatoms. The number of nitrogens with zero attached hydrogens (tertiary/aromatic N) is 3. The molecular formula is C23H22ClN3O3. The van der Waals surface area contributed by atoms with Crippen LogP contribution in [-0.4, -0.2) is 15.3 Å². The summed E-state index contributed by atoms with van der Waals surface area (Å²) in [6, 6.07) is 15.7. The first-order chi connectivity index (χ1) is 14.4. The third kappa shape index (κ3) is 4.61. The van der Waals surface area contributed by atoms with E-state index in [1.54, 1.807) is 18.3 Å². The molecule has 0 radical (unpaired) electrons. The van der Waals surface area contributed by atoms with Crippen molar-refractivity contribution in [3.63, 3.8) is 0 Å². The number of pyridine rings is 1. The molecule has 0 N–H and O–H groups in total. The average Bonchev–Trinajstić information content (AvgIpc) is 3.38. The maximum Gasteiger partial charge on any atom is 0.163 e. The Morgan fingerprint density at radius 2 is 1.53 bits per heavy atom. The molecule has 1 aromatic carbocycles. The molecule has 154 valence electrons. The number of benzene rings is 1.